The van der Waals surface area contributed by atoms with Gasteiger partial charge in [0.15, 0.2) is 0 Å². The van der Waals surface area contributed by atoms with Crippen LogP contribution in [-0.4, -0.2) is 33.1 Å². The molecule has 1 heterocycles. The molecule has 0 saturated carbocycles. The maximum Gasteiger partial charge on any atom is 0.258 e. The molecule has 0 spiro atoms. The molecular weight excluding hydrogens is 370 g/mol. The number of carbonyl (C=O) groups excluding carboxylic acids is 1. The predicted molar refractivity (Wildman–Crippen MR) is 106 cm³/mol. The van der Waals surface area contributed by atoms with Crippen molar-refractivity contribution >= 4 is 40.2 Å². The summed E-state index contributed by atoms with van der Waals surface area (Å²) in [5, 5.41) is 0.932. The fourth-order valence-electron chi connectivity index (χ4n) is 2.59. The van der Waals surface area contributed by atoms with Gasteiger partial charge in [-0.15, -0.1) is 11.8 Å². The Kier molecular flexibility index (Phi) is 5.64. The number of nitrogens with zero attached hydrogens (tertiary/aromatic N) is 2. The van der Waals surface area contributed by atoms with Gasteiger partial charge in [-0.2, -0.15) is 0 Å². The molecule has 134 valence electrons. The molecule has 1 N–H and O–H groups in total. The summed E-state index contributed by atoms with van der Waals surface area (Å²) in [6.45, 7) is 2.10. The fourth-order valence-corrected chi connectivity index (χ4v) is 3.70. The number of carbonyl (C=O) groups is 1. The molecule has 0 bridgehead atoms. The number of para-hydroxylation sites is 1. The number of nitrogens with one attached hydrogen (secondary N) is 1. The van der Waals surface area contributed by atoms with Gasteiger partial charge >= 0.3 is 0 Å². The number of halogens is 1. The Morgan fingerprint density at radius 2 is 1.92 bits per heavy atom. The highest BCUT2D eigenvalue weighted by Crippen LogP contribution is 2.25. The van der Waals surface area contributed by atoms with E-state index in [1.807, 2.05) is 25.1 Å². The number of fused-ring (bicyclic) bond motifs is 1. The van der Waals surface area contributed by atoms with E-state index in [-0.39, 0.29) is 23.3 Å². The molecule has 0 saturated heterocycles. The zero-order chi connectivity index (χ0) is 18.7. The average Bonchev–Trinajstić information content (AvgIpc) is 2.63. The minimum absolute atomic E-state index is 0.0410. The van der Waals surface area contributed by atoms with Gasteiger partial charge in [0.05, 0.1) is 22.7 Å². The highest BCUT2D eigenvalue weighted by atomic mass is 35.5. The summed E-state index contributed by atoms with van der Waals surface area (Å²) >= 11 is 7.35. The molecule has 26 heavy (non-hydrogen) atoms. The van der Waals surface area contributed by atoms with Gasteiger partial charge in [-0.3, -0.25) is 9.59 Å². The lowest BCUT2D eigenvalue weighted by atomic mass is 10.2. The van der Waals surface area contributed by atoms with Crippen molar-refractivity contribution in [2.24, 2.45) is 0 Å². The molecule has 0 aliphatic heterocycles. The Hall–Kier alpha value is -2.31. The van der Waals surface area contributed by atoms with Gasteiger partial charge < -0.3 is 9.88 Å². The third-order valence-electron chi connectivity index (χ3n) is 3.90. The first kappa shape index (κ1) is 18.5. The van der Waals surface area contributed by atoms with Crippen LogP contribution in [0.5, 0.6) is 0 Å². The van der Waals surface area contributed by atoms with E-state index in [0.717, 1.165) is 4.90 Å². The Bertz CT molecular complexity index is 988. The highest BCUT2D eigenvalue weighted by Gasteiger charge is 2.19. The topological polar surface area (TPSA) is 66.1 Å². The van der Waals surface area contributed by atoms with Crippen LogP contribution in [0.4, 0.5) is 0 Å². The molecular formula is C19H18ClN3O2S. The second kappa shape index (κ2) is 7.93. The monoisotopic (exact) mass is 387 g/mol. The Balaban J connectivity index is 1.70. The summed E-state index contributed by atoms with van der Waals surface area (Å²) in [4.78, 5) is 34.5. The van der Waals surface area contributed by atoms with E-state index in [1.54, 1.807) is 42.3 Å². The molecule has 1 atom stereocenters. The molecule has 7 heteroatoms. The van der Waals surface area contributed by atoms with Gasteiger partial charge in [0.2, 0.25) is 5.91 Å². The van der Waals surface area contributed by atoms with Crippen LogP contribution >= 0.6 is 23.4 Å². The lowest BCUT2D eigenvalue weighted by molar-refractivity contribution is -0.129. The number of H-pyrrole nitrogens is 1. The maximum absolute atomic E-state index is 12.6. The van der Waals surface area contributed by atoms with E-state index in [0.29, 0.717) is 21.7 Å². The molecule has 0 aliphatic rings. The van der Waals surface area contributed by atoms with E-state index >= 15 is 0 Å². The average molecular weight is 388 g/mol. The van der Waals surface area contributed by atoms with Crippen molar-refractivity contribution in [3.05, 3.63) is 69.7 Å². The molecule has 2 aromatic carbocycles. The molecule has 0 unspecified atom stereocenters. The number of rotatable bonds is 5. The number of hydrogen-bond donors (Lipinski definition) is 1. The fraction of sp³-hybridized carbons (Fsp3) is 0.211. The maximum atomic E-state index is 12.6. The van der Waals surface area contributed by atoms with Crippen molar-refractivity contribution in [3.63, 3.8) is 0 Å². The van der Waals surface area contributed by atoms with Crippen LogP contribution in [0.2, 0.25) is 5.02 Å². The molecule has 3 aromatic rings. The zero-order valence-electron chi connectivity index (χ0n) is 14.4. The van der Waals surface area contributed by atoms with Crippen LogP contribution in [0, 0.1) is 0 Å². The van der Waals surface area contributed by atoms with E-state index in [9.17, 15) is 9.59 Å². The zero-order valence-corrected chi connectivity index (χ0v) is 16.0. The van der Waals surface area contributed by atoms with Gasteiger partial charge in [-0.05, 0) is 43.3 Å². The third kappa shape index (κ3) is 4.26. The van der Waals surface area contributed by atoms with Crippen LogP contribution in [0.3, 0.4) is 0 Å². The number of aromatic nitrogens is 2. The molecule has 1 aromatic heterocycles. The summed E-state index contributed by atoms with van der Waals surface area (Å²) in [7, 11) is 1.70. The molecule has 0 fully saturated rings. The van der Waals surface area contributed by atoms with Gasteiger partial charge in [0, 0.05) is 17.0 Å². The van der Waals surface area contributed by atoms with Crippen LogP contribution in [0.1, 0.15) is 12.7 Å². The van der Waals surface area contributed by atoms with E-state index in [1.165, 1.54) is 11.8 Å². The van der Waals surface area contributed by atoms with Crippen LogP contribution < -0.4 is 5.56 Å². The minimum atomic E-state index is -0.270. The summed E-state index contributed by atoms with van der Waals surface area (Å²) in [5.41, 5.74) is 0.422. The first-order valence-corrected chi connectivity index (χ1v) is 9.35. The van der Waals surface area contributed by atoms with Crippen LogP contribution in [0.15, 0.2) is 58.2 Å². The SMILES string of the molecule is C[C@H](Sc1ccc(Cl)cc1)C(=O)N(C)Cc1nc2ccccc2c(=O)[nH]1. The molecule has 3 rings (SSSR count). The van der Waals surface area contributed by atoms with Crippen LogP contribution in [0.25, 0.3) is 10.9 Å². The Morgan fingerprint density at radius 3 is 2.65 bits per heavy atom. The number of thioether (sulfide) groups is 1. The molecule has 5 nitrogen and oxygen atoms in total. The van der Waals surface area contributed by atoms with E-state index in [4.69, 9.17) is 11.6 Å². The normalized spacial score (nSPS) is 12.1. The van der Waals surface area contributed by atoms with Crippen molar-refractivity contribution < 1.29 is 4.79 Å². The van der Waals surface area contributed by atoms with Crippen LogP contribution in [-0.2, 0) is 11.3 Å². The molecule has 0 aliphatic carbocycles. The first-order valence-electron chi connectivity index (χ1n) is 8.09. The van der Waals surface area contributed by atoms with Crippen molar-refractivity contribution in [1.82, 2.24) is 14.9 Å². The van der Waals surface area contributed by atoms with Gasteiger partial charge in [-0.1, -0.05) is 23.7 Å². The minimum Gasteiger partial charge on any atom is -0.337 e. The highest BCUT2D eigenvalue weighted by molar-refractivity contribution is 8.00. The largest absolute Gasteiger partial charge is 0.337 e. The van der Waals surface area contributed by atoms with Gasteiger partial charge in [0.25, 0.3) is 5.56 Å². The summed E-state index contributed by atoms with van der Waals surface area (Å²) in [6.07, 6.45) is 0. The first-order chi connectivity index (χ1) is 12.4. The summed E-state index contributed by atoms with van der Waals surface area (Å²) in [6, 6.07) is 14.5. The summed E-state index contributed by atoms with van der Waals surface area (Å²) in [5.74, 6) is 0.425. The molecule has 1 amide bonds. The number of aromatic amines is 1. The van der Waals surface area contributed by atoms with Crippen molar-refractivity contribution in [2.45, 2.75) is 23.6 Å². The lowest BCUT2D eigenvalue weighted by Crippen LogP contribution is -2.33. The van der Waals surface area contributed by atoms with E-state index < -0.39 is 0 Å². The quantitative estimate of drug-likeness (QED) is 0.677. The number of amides is 1. The Morgan fingerprint density at radius 1 is 1.23 bits per heavy atom. The third-order valence-corrected chi connectivity index (χ3v) is 5.25. The van der Waals surface area contributed by atoms with Crippen molar-refractivity contribution in [3.8, 4) is 0 Å². The molecule has 0 radical (unpaired) electrons. The summed E-state index contributed by atoms with van der Waals surface area (Å²) < 4.78 is 0. The standard InChI is InChI=1S/C19H18ClN3O2S/c1-12(26-14-9-7-13(20)8-10-14)19(25)23(2)11-17-21-16-6-4-3-5-15(16)18(24)22-17/h3-10,12H,11H2,1-2H3,(H,21,22,24)/t12-/m0/s1. The van der Waals surface area contributed by atoms with Crippen molar-refractivity contribution in [1.29, 1.82) is 0 Å². The Labute approximate surface area is 160 Å². The predicted octanol–water partition coefficient (Wildman–Crippen LogP) is 3.72. The smallest absolute Gasteiger partial charge is 0.258 e. The van der Waals surface area contributed by atoms with Crippen molar-refractivity contribution in [2.75, 3.05) is 7.05 Å². The number of benzene rings is 2. The lowest BCUT2D eigenvalue weighted by Gasteiger charge is -2.20. The second-order valence-electron chi connectivity index (χ2n) is 5.94. The second-order valence-corrected chi connectivity index (χ2v) is 7.79. The van der Waals surface area contributed by atoms with E-state index in [2.05, 4.69) is 9.97 Å². The van der Waals surface area contributed by atoms with Gasteiger partial charge in [-0.25, -0.2) is 4.98 Å². The number of hydrogen-bond acceptors (Lipinski definition) is 4. The van der Waals surface area contributed by atoms with Gasteiger partial charge in [0.1, 0.15) is 5.82 Å².